The molecule has 0 bridgehead atoms. The average Bonchev–Trinajstić information content (AvgIpc) is 2.46. The van der Waals surface area contributed by atoms with Gasteiger partial charge in [0.05, 0.1) is 16.9 Å². The number of sulfone groups is 1. The summed E-state index contributed by atoms with van der Waals surface area (Å²) in [7, 11) is -3.71. The van der Waals surface area contributed by atoms with E-state index in [0.29, 0.717) is 0 Å². The van der Waals surface area contributed by atoms with Crippen LogP contribution in [0.15, 0.2) is 29.6 Å². The Balaban J connectivity index is 2.53. The maximum atomic E-state index is 13.6. The Morgan fingerprint density at radius 3 is 2.36 bits per heavy atom. The molecule has 1 heterocycles. The van der Waals surface area contributed by atoms with Gasteiger partial charge >= 0.3 is 0 Å². The number of nitrogen functional groups attached to an aromatic ring is 1. The second-order valence-corrected chi connectivity index (χ2v) is 6.45. The first-order valence-corrected chi connectivity index (χ1v) is 7.77. The second-order valence-electron chi connectivity index (χ2n) is 4.28. The summed E-state index contributed by atoms with van der Waals surface area (Å²) in [6.45, 7) is 1.39. The number of aromatic nitrogens is 2. The third kappa shape index (κ3) is 2.80. The van der Waals surface area contributed by atoms with Crippen molar-refractivity contribution in [2.75, 3.05) is 11.5 Å². The molecule has 1 aromatic carbocycles. The molecule has 0 aliphatic carbocycles. The Bertz CT molecular complexity index is 833. The van der Waals surface area contributed by atoms with Crippen LogP contribution in [-0.2, 0) is 9.84 Å². The molecule has 0 saturated carbocycles. The first-order chi connectivity index (χ1) is 10.3. The lowest BCUT2D eigenvalue weighted by Gasteiger charge is -2.07. The van der Waals surface area contributed by atoms with E-state index in [9.17, 15) is 22.0 Å². The van der Waals surface area contributed by atoms with Gasteiger partial charge in [0.1, 0.15) is 17.5 Å². The Labute approximate surface area is 124 Å². The molecule has 9 heteroatoms. The van der Waals surface area contributed by atoms with E-state index in [1.54, 1.807) is 0 Å². The van der Waals surface area contributed by atoms with Gasteiger partial charge in [0.2, 0.25) is 20.8 Å². The summed E-state index contributed by atoms with van der Waals surface area (Å²) in [5.74, 6) is -3.89. The van der Waals surface area contributed by atoms with E-state index in [4.69, 9.17) is 5.73 Å². The van der Waals surface area contributed by atoms with Crippen molar-refractivity contribution in [3.8, 4) is 0 Å². The zero-order valence-electron chi connectivity index (χ0n) is 11.4. The summed E-state index contributed by atoms with van der Waals surface area (Å²) in [6, 6.07) is 2.95. The molecule has 2 aromatic rings. The number of benzene rings is 1. The first-order valence-electron chi connectivity index (χ1n) is 6.12. The summed E-state index contributed by atoms with van der Waals surface area (Å²) < 4.78 is 50.5. The molecule has 116 valence electrons. The van der Waals surface area contributed by atoms with E-state index in [0.717, 1.165) is 24.4 Å². The molecule has 0 unspecified atom stereocenters. The van der Waals surface area contributed by atoms with Crippen LogP contribution in [0.3, 0.4) is 0 Å². The quantitative estimate of drug-likeness (QED) is 0.672. The molecule has 2 N–H and O–H groups in total. The Hall–Kier alpha value is -2.42. The fraction of sp³-hybridized carbons (Fsp3) is 0.154. The SMILES string of the molecule is CCS(=O)(=O)c1ncc(C(=O)c2c(F)cccc2F)c(N)n1. The van der Waals surface area contributed by atoms with Crippen LogP contribution in [0.25, 0.3) is 0 Å². The van der Waals surface area contributed by atoms with Crippen LogP contribution in [0, 0.1) is 11.6 Å². The number of halogens is 2. The van der Waals surface area contributed by atoms with Crippen LogP contribution >= 0.6 is 0 Å². The number of ketones is 1. The molecular formula is C13H11F2N3O3S. The van der Waals surface area contributed by atoms with E-state index in [1.165, 1.54) is 6.92 Å². The lowest BCUT2D eigenvalue weighted by Crippen LogP contribution is -2.15. The molecule has 0 radical (unpaired) electrons. The maximum Gasteiger partial charge on any atom is 0.249 e. The summed E-state index contributed by atoms with van der Waals surface area (Å²) in [6.07, 6.45) is 0.846. The summed E-state index contributed by atoms with van der Waals surface area (Å²) >= 11 is 0. The van der Waals surface area contributed by atoms with Gasteiger partial charge in [-0.2, -0.15) is 0 Å². The zero-order chi connectivity index (χ0) is 16.5. The zero-order valence-corrected chi connectivity index (χ0v) is 12.2. The molecule has 0 saturated heterocycles. The molecule has 0 aliphatic rings. The second kappa shape index (κ2) is 5.76. The molecule has 1 aromatic heterocycles. The summed E-state index contributed by atoms with van der Waals surface area (Å²) in [5, 5.41) is -0.543. The Morgan fingerprint density at radius 1 is 1.27 bits per heavy atom. The van der Waals surface area contributed by atoms with Crippen LogP contribution in [0.5, 0.6) is 0 Å². The molecule has 0 atom stereocenters. The summed E-state index contributed by atoms with van der Waals surface area (Å²) in [5.41, 5.74) is 4.35. The molecule has 22 heavy (non-hydrogen) atoms. The molecular weight excluding hydrogens is 316 g/mol. The van der Waals surface area contributed by atoms with Crippen LogP contribution in [0.1, 0.15) is 22.8 Å². The van der Waals surface area contributed by atoms with Gasteiger partial charge in [-0.1, -0.05) is 13.0 Å². The molecule has 0 aliphatic heterocycles. The lowest BCUT2D eigenvalue weighted by molar-refractivity contribution is 0.103. The van der Waals surface area contributed by atoms with Crippen molar-refractivity contribution in [1.82, 2.24) is 9.97 Å². The molecule has 0 spiro atoms. The number of carbonyl (C=O) groups excluding carboxylic acids is 1. The molecule has 0 amide bonds. The number of hydrogen-bond donors (Lipinski definition) is 1. The highest BCUT2D eigenvalue weighted by Crippen LogP contribution is 2.20. The standard InChI is InChI=1S/C13H11F2N3O3S/c1-2-22(20,21)13-17-6-7(12(16)18-13)11(19)10-8(14)4-3-5-9(10)15/h3-6H,2H2,1H3,(H2,16,17,18). The van der Waals surface area contributed by atoms with Gasteiger partial charge in [-0.3, -0.25) is 4.79 Å². The van der Waals surface area contributed by atoms with Gasteiger partial charge in [-0.15, -0.1) is 0 Å². The van der Waals surface area contributed by atoms with Crippen molar-refractivity contribution in [3.63, 3.8) is 0 Å². The highest BCUT2D eigenvalue weighted by Gasteiger charge is 2.24. The van der Waals surface area contributed by atoms with Gasteiger partial charge in [0.15, 0.2) is 0 Å². The van der Waals surface area contributed by atoms with Gasteiger partial charge in [-0.05, 0) is 12.1 Å². The molecule has 2 rings (SSSR count). The van der Waals surface area contributed by atoms with E-state index in [2.05, 4.69) is 9.97 Å². The predicted molar refractivity (Wildman–Crippen MR) is 74.0 cm³/mol. The smallest absolute Gasteiger partial charge is 0.249 e. The van der Waals surface area contributed by atoms with Crippen molar-refractivity contribution in [1.29, 1.82) is 0 Å². The van der Waals surface area contributed by atoms with Crippen molar-refractivity contribution >= 4 is 21.4 Å². The Morgan fingerprint density at radius 2 is 1.86 bits per heavy atom. The fourth-order valence-electron chi connectivity index (χ4n) is 1.68. The van der Waals surface area contributed by atoms with Gasteiger partial charge in [0.25, 0.3) is 0 Å². The van der Waals surface area contributed by atoms with Gasteiger partial charge < -0.3 is 5.73 Å². The van der Waals surface area contributed by atoms with Crippen molar-refractivity contribution in [2.24, 2.45) is 0 Å². The van der Waals surface area contributed by atoms with Gasteiger partial charge in [-0.25, -0.2) is 27.2 Å². The van der Waals surface area contributed by atoms with Gasteiger partial charge in [0, 0.05) is 6.20 Å². The monoisotopic (exact) mass is 327 g/mol. The van der Waals surface area contributed by atoms with E-state index in [-0.39, 0.29) is 11.3 Å². The van der Waals surface area contributed by atoms with Crippen molar-refractivity contribution in [3.05, 3.63) is 47.2 Å². The highest BCUT2D eigenvalue weighted by molar-refractivity contribution is 7.91. The minimum atomic E-state index is -3.71. The topological polar surface area (TPSA) is 103 Å². The third-order valence-corrected chi connectivity index (χ3v) is 4.40. The number of nitrogens with two attached hydrogens (primary N) is 1. The predicted octanol–water partition coefficient (Wildman–Crippen LogP) is 1.36. The van der Waals surface area contributed by atoms with Crippen molar-refractivity contribution < 1.29 is 22.0 Å². The normalized spacial score (nSPS) is 11.4. The molecule has 0 fully saturated rings. The minimum absolute atomic E-state index is 0.248. The summed E-state index contributed by atoms with van der Waals surface area (Å²) in [4.78, 5) is 19.2. The third-order valence-electron chi connectivity index (χ3n) is 2.89. The average molecular weight is 327 g/mol. The van der Waals surface area contributed by atoms with E-state index >= 15 is 0 Å². The number of nitrogens with zero attached hydrogens (tertiary/aromatic N) is 2. The largest absolute Gasteiger partial charge is 0.383 e. The van der Waals surface area contributed by atoms with Crippen molar-refractivity contribution in [2.45, 2.75) is 12.1 Å². The minimum Gasteiger partial charge on any atom is -0.383 e. The lowest BCUT2D eigenvalue weighted by atomic mass is 10.0. The maximum absolute atomic E-state index is 13.6. The number of anilines is 1. The van der Waals surface area contributed by atoms with Crippen LogP contribution < -0.4 is 5.73 Å². The number of carbonyl (C=O) groups is 1. The first kappa shape index (κ1) is 16.0. The van der Waals surface area contributed by atoms with E-state index < -0.39 is 43.8 Å². The number of rotatable bonds is 4. The van der Waals surface area contributed by atoms with Crippen LogP contribution in [0.2, 0.25) is 0 Å². The van der Waals surface area contributed by atoms with Crippen LogP contribution in [0.4, 0.5) is 14.6 Å². The molecule has 6 nitrogen and oxygen atoms in total. The highest BCUT2D eigenvalue weighted by atomic mass is 32.2. The van der Waals surface area contributed by atoms with Crippen LogP contribution in [-0.4, -0.2) is 29.9 Å². The fourth-order valence-corrected chi connectivity index (χ4v) is 2.39. The van der Waals surface area contributed by atoms with E-state index in [1.807, 2.05) is 0 Å². The Kier molecular flexibility index (Phi) is 4.18. The number of hydrogen-bond acceptors (Lipinski definition) is 6.